The SMILES string of the molecule is COc1ccc(N2C(=O)[C@@H]3[C@@H](N=NN3Cc3nc(-c4ccc(Cl)cc4)no3)C2=O)cc1OC. The number of benzene rings is 2. The van der Waals surface area contributed by atoms with Gasteiger partial charge in [-0.3, -0.25) is 14.6 Å². The van der Waals surface area contributed by atoms with Crippen molar-refractivity contribution in [3.8, 4) is 22.9 Å². The zero-order chi connectivity index (χ0) is 23.1. The van der Waals surface area contributed by atoms with Crippen molar-refractivity contribution in [1.82, 2.24) is 15.1 Å². The first-order valence-corrected chi connectivity index (χ1v) is 10.2. The van der Waals surface area contributed by atoms with Crippen molar-refractivity contribution >= 4 is 29.1 Å². The van der Waals surface area contributed by atoms with Crippen molar-refractivity contribution in [2.45, 2.75) is 18.6 Å². The van der Waals surface area contributed by atoms with Crippen LogP contribution < -0.4 is 14.4 Å². The minimum atomic E-state index is -0.954. The molecule has 1 fully saturated rings. The molecule has 0 spiro atoms. The molecule has 2 atom stereocenters. The second kappa shape index (κ2) is 8.17. The summed E-state index contributed by atoms with van der Waals surface area (Å²) in [5.41, 5.74) is 1.08. The second-order valence-corrected chi connectivity index (χ2v) is 7.70. The van der Waals surface area contributed by atoms with E-state index in [0.717, 1.165) is 10.5 Å². The Morgan fingerprint density at radius 2 is 1.79 bits per heavy atom. The molecule has 168 valence electrons. The highest BCUT2D eigenvalue weighted by Gasteiger charge is 2.55. The van der Waals surface area contributed by atoms with Crippen LogP contribution >= 0.6 is 11.6 Å². The van der Waals surface area contributed by atoms with Crippen LogP contribution in [-0.2, 0) is 16.1 Å². The summed E-state index contributed by atoms with van der Waals surface area (Å²) in [4.78, 5) is 31.6. The number of carbonyl (C=O) groups excluding carboxylic acids is 2. The Kier molecular flexibility index (Phi) is 5.17. The molecule has 2 aliphatic heterocycles. The van der Waals surface area contributed by atoms with Gasteiger partial charge in [-0.15, -0.1) is 0 Å². The van der Waals surface area contributed by atoms with Crippen LogP contribution in [0.4, 0.5) is 5.69 Å². The Morgan fingerprint density at radius 1 is 1.03 bits per heavy atom. The number of carbonyl (C=O) groups is 2. The summed E-state index contributed by atoms with van der Waals surface area (Å²) in [6.45, 7) is 0.0179. The predicted octanol–water partition coefficient (Wildman–Crippen LogP) is 2.90. The number of hydrogen-bond acceptors (Lipinski definition) is 10. The predicted molar refractivity (Wildman–Crippen MR) is 115 cm³/mol. The lowest BCUT2D eigenvalue weighted by Crippen LogP contribution is -2.39. The van der Waals surface area contributed by atoms with Crippen molar-refractivity contribution in [1.29, 1.82) is 0 Å². The summed E-state index contributed by atoms with van der Waals surface area (Å²) in [6, 6.07) is 9.91. The summed E-state index contributed by atoms with van der Waals surface area (Å²) >= 11 is 5.91. The molecule has 2 amide bonds. The van der Waals surface area contributed by atoms with E-state index in [9.17, 15) is 9.59 Å². The molecular formula is C21H17ClN6O5. The molecule has 0 radical (unpaired) electrons. The van der Waals surface area contributed by atoms with E-state index in [4.69, 9.17) is 25.6 Å². The topological polar surface area (TPSA) is 123 Å². The molecule has 5 rings (SSSR count). The smallest absolute Gasteiger partial charge is 0.263 e. The molecule has 1 aromatic heterocycles. The van der Waals surface area contributed by atoms with E-state index in [1.54, 1.807) is 42.5 Å². The van der Waals surface area contributed by atoms with Gasteiger partial charge in [-0.05, 0) is 36.4 Å². The first-order valence-electron chi connectivity index (χ1n) is 9.86. The third kappa shape index (κ3) is 3.55. The van der Waals surface area contributed by atoms with Crippen LogP contribution in [0.15, 0.2) is 57.3 Å². The highest BCUT2D eigenvalue weighted by atomic mass is 35.5. The van der Waals surface area contributed by atoms with Crippen molar-refractivity contribution in [3.63, 3.8) is 0 Å². The van der Waals surface area contributed by atoms with Gasteiger partial charge < -0.3 is 14.0 Å². The number of halogens is 1. The number of ether oxygens (including phenoxy) is 2. The van der Waals surface area contributed by atoms with Gasteiger partial charge in [0.15, 0.2) is 23.6 Å². The molecule has 3 heterocycles. The zero-order valence-electron chi connectivity index (χ0n) is 17.5. The van der Waals surface area contributed by atoms with E-state index < -0.39 is 23.9 Å². The van der Waals surface area contributed by atoms with Crippen molar-refractivity contribution in [3.05, 3.63) is 53.4 Å². The first-order chi connectivity index (χ1) is 16.0. The minimum absolute atomic E-state index is 0.0179. The molecule has 12 heteroatoms. The number of imide groups is 1. The largest absolute Gasteiger partial charge is 0.493 e. The monoisotopic (exact) mass is 468 g/mol. The summed E-state index contributed by atoms with van der Waals surface area (Å²) in [6.07, 6.45) is 0. The Hall–Kier alpha value is -3.99. The third-order valence-electron chi connectivity index (χ3n) is 5.35. The highest BCUT2D eigenvalue weighted by Crippen LogP contribution is 2.37. The van der Waals surface area contributed by atoms with Gasteiger partial charge in [0.1, 0.15) is 6.54 Å². The van der Waals surface area contributed by atoms with E-state index in [0.29, 0.717) is 28.0 Å². The molecule has 3 aromatic rings. The normalized spacial score (nSPS) is 19.4. The van der Waals surface area contributed by atoms with Gasteiger partial charge in [0, 0.05) is 16.7 Å². The van der Waals surface area contributed by atoms with E-state index in [1.165, 1.54) is 19.2 Å². The van der Waals surface area contributed by atoms with Gasteiger partial charge in [0.05, 0.1) is 19.9 Å². The lowest BCUT2D eigenvalue weighted by molar-refractivity contribution is -0.123. The molecular weight excluding hydrogens is 452 g/mol. The lowest BCUT2D eigenvalue weighted by atomic mass is 10.1. The average molecular weight is 469 g/mol. The zero-order valence-corrected chi connectivity index (χ0v) is 18.3. The molecule has 0 N–H and O–H groups in total. The minimum Gasteiger partial charge on any atom is -0.493 e. The van der Waals surface area contributed by atoms with Crippen LogP contribution in [0.3, 0.4) is 0 Å². The van der Waals surface area contributed by atoms with E-state index in [1.807, 2.05) is 0 Å². The Labute approximate surface area is 192 Å². The number of fused-ring (bicyclic) bond motifs is 1. The summed E-state index contributed by atoms with van der Waals surface area (Å²) in [5, 5.41) is 13.9. The average Bonchev–Trinajstić information content (AvgIpc) is 3.52. The Bertz CT molecular complexity index is 1260. The second-order valence-electron chi connectivity index (χ2n) is 7.26. The van der Waals surface area contributed by atoms with Gasteiger partial charge in [-0.1, -0.05) is 22.0 Å². The highest BCUT2D eigenvalue weighted by molar-refractivity contribution is 6.30. The van der Waals surface area contributed by atoms with Gasteiger partial charge in [0.2, 0.25) is 11.7 Å². The molecule has 0 saturated carbocycles. The fourth-order valence-corrected chi connectivity index (χ4v) is 3.87. The van der Waals surface area contributed by atoms with Gasteiger partial charge >= 0.3 is 0 Å². The Balaban J connectivity index is 1.36. The number of hydrogen-bond donors (Lipinski definition) is 0. The van der Waals surface area contributed by atoms with Crippen LogP contribution in [0.1, 0.15) is 5.89 Å². The van der Waals surface area contributed by atoms with Crippen LogP contribution in [-0.4, -0.2) is 53.3 Å². The Morgan fingerprint density at radius 3 is 2.52 bits per heavy atom. The number of rotatable bonds is 6. The van der Waals surface area contributed by atoms with Crippen LogP contribution in [0.5, 0.6) is 11.5 Å². The number of methoxy groups -OCH3 is 2. The number of nitrogens with zero attached hydrogens (tertiary/aromatic N) is 6. The van der Waals surface area contributed by atoms with Gasteiger partial charge in [0.25, 0.3) is 11.8 Å². The number of anilines is 1. The lowest BCUT2D eigenvalue weighted by Gasteiger charge is -2.20. The molecule has 1 saturated heterocycles. The van der Waals surface area contributed by atoms with Crippen molar-refractivity contribution in [2.24, 2.45) is 10.3 Å². The molecule has 0 aliphatic carbocycles. The maximum Gasteiger partial charge on any atom is 0.263 e. The summed E-state index contributed by atoms with van der Waals surface area (Å²) in [5.74, 6) is 0.538. The molecule has 2 aliphatic rings. The van der Waals surface area contributed by atoms with E-state index in [2.05, 4.69) is 20.5 Å². The molecule has 0 bridgehead atoms. The van der Waals surface area contributed by atoms with Crippen molar-refractivity contribution in [2.75, 3.05) is 19.1 Å². The molecule has 11 nitrogen and oxygen atoms in total. The maximum absolute atomic E-state index is 13.2. The van der Waals surface area contributed by atoms with Crippen LogP contribution in [0.2, 0.25) is 5.02 Å². The summed E-state index contributed by atoms with van der Waals surface area (Å²) < 4.78 is 15.8. The fraction of sp³-hybridized carbons (Fsp3) is 0.238. The standard InChI is InChI=1S/C21H17ClN6O5/c1-31-14-8-7-13(9-15(14)32-2)28-20(29)17-18(21(28)30)27(26-24-17)10-16-23-19(25-33-16)11-3-5-12(22)6-4-11/h3-9,17-18H,10H2,1-2H3/t17-,18+/m1/s1. The van der Waals surface area contributed by atoms with E-state index >= 15 is 0 Å². The van der Waals surface area contributed by atoms with Gasteiger partial charge in [-0.25, -0.2) is 4.90 Å². The first kappa shape index (κ1) is 20.9. The van der Waals surface area contributed by atoms with Crippen LogP contribution in [0.25, 0.3) is 11.4 Å². The van der Waals surface area contributed by atoms with E-state index in [-0.39, 0.29) is 12.4 Å². The fourth-order valence-electron chi connectivity index (χ4n) is 3.75. The molecule has 33 heavy (non-hydrogen) atoms. The number of amides is 2. The quantitative estimate of drug-likeness (QED) is 0.506. The van der Waals surface area contributed by atoms with Crippen molar-refractivity contribution < 1.29 is 23.6 Å². The summed E-state index contributed by atoms with van der Waals surface area (Å²) in [7, 11) is 2.98. The molecule has 2 aromatic carbocycles. The molecule has 0 unspecified atom stereocenters. The number of aromatic nitrogens is 2. The van der Waals surface area contributed by atoms with Gasteiger partial charge in [-0.2, -0.15) is 10.1 Å². The third-order valence-corrected chi connectivity index (χ3v) is 5.60. The maximum atomic E-state index is 13.2. The van der Waals surface area contributed by atoms with Crippen LogP contribution in [0, 0.1) is 0 Å².